The van der Waals surface area contributed by atoms with Gasteiger partial charge >= 0.3 is 0 Å². The summed E-state index contributed by atoms with van der Waals surface area (Å²) >= 11 is 3.29. The van der Waals surface area contributed by atoms with E-state index in [0.29, 0.717) is 10.0 Å². The average Bonchev–Trinajstić information content (AvgIpc) is 2.46. The molecule has 7 N–H and O–H groups in total. The van der Waals surface area contributed by atoms with Crippen LogP contribution in [0.2, 0.25) is 0 Å². The average molecular weight is 338 g/mol. The quantitative estimate of drug-likeness (QED) is 0.413. The number of nitrogens with two attached hydrogens (primary N) is 2. The third-order valence-electron chi connectivity index (χ3n) is 2.43. The van der Waals surface area contributed by atoms with Crippen molar-refractivity contribution in [3.63, 3.8) is 0 Å². The topological polar surface area (TPSA) is 131 Å². The number of nitrogen functional groups attached to an aromatic ring is 2. The van der Waals surface area contributed by atoms with Crippen molar-refractivity contribution in [2.75, 3.05) is 16.6 Å². The predicted molar refractivity (Wildman–Crippen MR) is 79.5 cm³/mol. The summed E-state index contributed by atoms with van der Waals surface area (Å²) < 4.78 is 0.680. The molecule has 0 unspecified atom stereocenters. The number of halogens is 1. The lowest BCUT2D eigenvalue weighted by Crippen LogP contribution is -2.30. The molecule has 2 rings (SSSR count). The van der Waals surface area contributed by atoms with E-state index in [1.54, 1.807) is 18.2 Å². The van der Waals surface area contributed by atoms with Crippen molar-refractivity contribution in [3.8, 4) is 0 Å². The van der Waals surface area contributed by atoms with E-state index in [9.17, 15) is 4.79 Å². The highest BCUT2D eigenvalue weighted by Gasteiger charge is 2.11. The number of carbonyl (C=O) groups excluding carboxylic acids is 1. The maximum atomic E-state index is 12.0. The zero-order chi connectivity index (χ0) is 14.5. The highest BCUT2D eigenvalue weighted by molar-refractivity contribution is 9.10. The number of rotatable bonds is 4. The zero-order valence-electron chi connectivity index (χ0n) is 10.2. The molecule has 0 spiro atoms. The number of hydrogen-bond acceptors (Lipinski definition) is 7. The van der Waals surface area contributed by atoms with Crippen LogP contribution < -0.4 is 27.9 Å². The van der Waals surface area contributed by atoms with Crippen molar-refractivity contribution in [2.45, 2.75) is 0 Å². The Labute approximate surface area is 123 Å². The first kappa shape index (κ1) is 14.0. The minimum atomic E-state index is -0.335. The fourth-order valence-corrected chi connectivity index (χ4v) is 1.90. The summed E-state index contributed by atoms with van der Waals surface area (Å²) in [6.07, 6.45) is 1.26. The van der Waals surface area contributed by atoms with E-state index < -0.39 is 0 Å². The fourth-order valence-electron chi connectivity index (χ4n) is 1.44. The normalized spacial score (nSPS) is 9.90. The van der Waals surface area contributed by atoms with Gasteiger partial charge in [-0.2, -0.15) is 0 Å². The van der Waals surface area contributed by atoms with Gasteiger partial charge in [-0.15, -0.1) is 0 Å². The lowest BCUT2D eigenvalue weighted by molar-refractivity contribution is 0.0962. The number of nitrogens with zero attached hydrogens (tertiary/aromatic N) is 2. The van der Waals surface area contributed by atoms with E-state index in [1.165, 1.54) is 6.33 Å². The lowest BCUT2D eigenvalue weighted by atomic mass is 10.2. The van der Waals surface area contributed by atoms with E-state index in [1.807, 2.05) is 6.07 Å². The van der Waals surface area contributed by atoms with Crippen molar-refractivity contribution in [3.05, 3.63) is 40.6 Å². The molecule has 0 radical (unpaired) electrons. The summed E-state index contributed by atoms with van der Waals surface area (Å²) in [6.45, 7) is 0. The molecular formula is C11H12BrN7O. The molecule has 0 saturated carbocycles. The Bertz CT molecular complexity index is 634. The van der Waals surface area contributed by atoms with E-state index in [2.05, 4.69) is 42.2 Å². The van der Waals surface area contributed by atoms with Crippen molar-refractivity contribution in [1.82, 2.24) is 15.4 Å². The largest absolute Gasteiger partial charge is 0.393 e. The van der Waals surface area contributed by atoms with Crippen LogP contribution in [0.1, 0.15) is 10.4 Å². The summed E-state index contributed by atoms with van der Waals surface area (Å²) in [5, 5.41) is 0. The number of hydrazine groups is 2. The Balaban J connectivity index is 2.10. The predicted octanol–water partition coefficient (Wildman–Crippen LogP) is 0.864. The number of anilines is 3. The summed E-state index contributed by atoms with van der Waals surface area (Å²) in [6, 6.07) is 7.02. The number of hydrogen-bond donors (Lipinski definition) is 5. The third kappa shape index (κ3) is 2.95. The molecule has 0 bridgehead atoms. The molecular weight excluding hydrogens is 326 g/mol. The molecule has 0 aliphatic heterocycles. The number of amides is 1. The Morgan fingerprint density at radius 2 is 1.90 bits per heavy atom. The Morgan fingerprint density at radius 1 is 1.20 bits per heavy atom. The van der Waals surface area contributed by atoms with Crippen molar-refractivity contribution < 1.29 is 4.79 Å². The van der Waals surface area contributed by atoms with Gasteiger partial charge < -0.3 is 11.2 Å². The third-order valence-corrected chi connectivity index (χ3v) is 3.13. The molecule has 0 atom stereocenters. The van der Waals surface area contributed by atoms with Crippen LogP contribution in [0.4, 0.5) is 17.3 Å². The molecule has 0 saturated heterocycles. The second-order valence-electron chi connectivity index (χ2n) is 3.69. The minimum absolute atomic E-state index is 0.197. The Kier molecular flexibility index (Phi) is 4.33. The van der Waals surface area contributed by atoms with E-state index in [4.69, 9.17) is 11.6 Å². The molecule has 1 aromatic carbocycles. The van der Waals surface area contributed by atoms with Gasteiger partial charge in [0.1, 0.15) is 12.0 Å². The highest BCUT2D eigenvalue weighted by atomic mass is 79.9. The summed E-state index contributed by atoms with van der Waals surface area (Å²) in [5.74, 6) is 5.41. The van der Waals surface area contributed by atoms with Crippen LogP contribution in [-0.4, -0.2) is 15.9 Å². The monoisotopic (exact) mass is 337 g/mol. The number of nitrogens with one attached hydrogen (secondary N) is 3. The van der Waals surface area contributed by atoms with Gasteiger partial charge in [0.25, 0.3) is 5.91 Å². The maximum Gasteiger partial charge on any atom is 0.270 e. The summed E-state index contributed by atoms with van der Waals surface area (Å²) in [7, 11) is 0. The van der Waals surface area contributed by atoms with Crippen LogP contribution in [0.3, 0.4) is 0 Å². The molecule has 0 aliphatic carbocycles. The first-order valence-corrected chi connectivity index (χ1v) is 6.30. The molecule has 1 aromatic heterocycles. The second kappa shape index (κ2) is 6.17. The maximum absolute atomic E-state index is 12.0. The molecule has 1 heterocycles. The van der Waals surface area contributed by atoms with Gasteiger partial charge in [0.05, 0.1) is 5.56 Å². The molecule has 2 aromatic rings. The molecule has 0 fully saturated rings. The van der Waals surface area contributed by atoms with Crippen LogP contribution in [0.15, 0.2) is 35.1 Å². The Morgan fingerprint density at radius 3 is 2.60 bits per heavy atom. The fraction of sp³-hybridized carbons (Fsp3) is 0. The van der Waals surface area contributed by atoms with Crippen LogP contribution >= 0.6 is 15.9 Å². The minimum Gasteiger partial charge on any atom is -0.393 e. The van der Waals surface area contributed by atoms with E-state index >= 15 is 0 Å². The first-order valence-electron chi connectivity index (χ1n) is 5.51. The van der Waals surface area contributed by atoms with E-state index in [0.717, 1.165) is 0 Å². The number of aromatic nitrogens is 2. The summed E-state index contributed by atoms with van der Waals surface area (Å²) in [5.41, 5.74) is 13.9. The van der Waals surface area contributed by atoms with Crippen molar-refractivity contribution >= 4 is 39.2 Å². The van der Waals surface area contributed by atoms with Crippen LogP contribution in [-0.2, 0) is 0 Å². The van der Waals surface area contributed by atoms with Gasteiger partial charge in [-0.25, -0.2) is 15.8 Å². The standard InChI is InChI=1S/C11H12BrN7O/c12-7-4-2-1-3-6(7)11(20)19-18-10-8(13)9(17-14)15-5-16-10/h1-5H,13-14H2,(H,19,20)(H2,15,16,17,18). The molecule has 0 aliphatic rings. The second-order valence-corrected chi connectivity index (χ2v) is 4.54. The van der Waals surface area contributed by atoms with Crippen LogP contribution in [0.5, 0.6) is 0 Å². The van der Waals surface area contributed by atoms with Crippen LogP contribution in [0.25, 0.3) is 0 Å². The highest BCUT2D eigenvalue weighted by Crippen LogP contribution is 2.20. The van der Waals surface area contributed by atoms with Crippen molar-refractivity contribution in [2.24, 2.45) is 5.84 Å². The van der Waals surface area contributed by atoms with Gasteiger partial charge in [-0.05, 0) is 28.1 Å². The molecule has 20 heavy (non-hydrogen) atoms. The zero-order valence-corrected chi connectivity index (χ0v) is 11.8. The van der Waals surface area contributed by atoms with E-state index in [-0.39, 0.29) is 23.2 Å². The van der Waals surface area contributed by atoms with Gasteiger partial charge in [-0.3, -0.25) is 15.6 Å². The van der Waals surface area contributed by atoms with Gasteiger partial charge in [0.15, 0.2) is 11.6 Å². The van der Waals surface area contributed by atoms with Crippen LogP contribution in [0, 0.1) is 0 Å². The summed E-state index contributed by atoms with van der Waals surface area (Å²) in [4.78, 5) is 19.7. The van der Waals surface area contributed by atoms with Crippen molar-refractivity contribution in [1.29, 1.82) is 0 Å². The molecule has 1 amide bonds. The molecule has 8 nitrogen and oxygen atoms in total. The Hall–Kier alpha value is -2.39. The van der Waals surface area contributed by atoms with Gasteiger partial charge in [0, 0.05) is 4.47 Å². The molecule has 9 heteroatoms. The SMILES string of the molecule is NNc1ncnc(NNC(=O)c2ccccc2Br)c1N. The number of carbonyl (C=O) groups is 1. The molecule has 104 valence electrons. The van der Waals surface area contributed by atoms with Gasteiger partial charge in [-0.1, -0.05) is 12.1 Å². The number of benzene rings is 1. The lowest BCUT2D eigenvalue weighted by Gasteiger charge is -2.12. The van der Waals surface area contributed by atoms with Gasteiger partial charge in [0.2, 0.25) is 0 Å². The smallest absolute Gasteiger partial charge is 0.270 e. The first-order chi connectivity index (χ1) is 9.63.